The highest BCUT2D eigenvalue weighted by atomic mass is 16.2. The third-order valence-corrected chi connectivity index (χ3v) is 4.10. The first-order valence-electron chi connectivity index (χ1n) is 7.70. The standard InChI is InChI=1S/C15H31N3O/c1-5-15(3,4)17-14(19)12-16-11-13(2)18-9-7-6-8-10-18/h13,16H,5-12H2,1-4H3,(H,17,19). The van der Waals surface area contributed by atoms with Crippen LogP contribution in [-0.2, 0) is 4.79 Å². The molecule has 0 aromatic carbocycles. The van der Waals surface area contributed by atoms with E-state index in [2.05, 4.69) is 43.2 Å². The van der Waals surface area contributed by atoms with Crippen LogP contribution in [0.4, 0.5) is 0 Å². The van der Waals surface area contributed by atoms with Crippen LogP contribution >= 0.6 is 0 Å². The van der Waals surface area contributed by atoms with Crippen LogP contribution < -0.4 is 10.6 Å². The largest absolute Gasteiger partial charge is 0.350 e. The van der Waals surface area contributed by atoms with Crippen molar-refractivity contribution in [3.8, 4) is 0 Å². The number of nitrogens with one attached hydrogen (secondary N) is 2. The van der Waals surface area contributed by atoms with Crippen molar-refractivity contribution in [1.29, 1.82) is 0 Å². The van der Waals surface area contributed by atoms with Gasteiger partial charge in [0.05, 0.1) is 6.54 Å². The lowest BCUT2D eigenvalue weighted by Crippen LogP contribution is -2.49. The highest BCUT2D eigenvalue weighted by Crippen LogP contribution is 2.11. The number of carbonyl (C=O) groups is 1. The zero-order chi connectivity index (χ0) is 14.3. The van der Waals surface area contributed by atoms with Gasteiger partial charge in [0.1, 0.15) is 0 Å². The molecule has 0 aliphatic carbocycles. The van der Waals surface area contributed by atoms with Gasteiger partial charge in [-0.15, -0.1) is 0 Å². The van der Waals surface area contributed by atoms with Crippen molar-refractivity contribution >= 4 is 5.91 Å². The van der Waals surface area contributed by atoms with Crippen molar-refractivity contribution in [2.45, 2.75) is 65.0 Å². The summed E-state index contributed by atoms with van der Waals surface area (Å²) in [5, 5.41) is 6.32. The van der Waals surface area contributed by atoms with Crippen LogP contribution in [0.5, 0.6) is 0 Å². The first kappa shape index (κ1) is 16.4. The van der Waals surface area contributed by atoms with E-state index in [1.165, 1.54) is 32.4 Å². The zero-order valence-electron chi connectivity index (χ0n) is 13.1. The van der Waals surface area contributed by atoms with Crippen molar-refractivity contribution < 1.29 is 4.79 Å². The minimum atomic E-state index is -0.1000. The summed E-state index contributed by atoms with van der Waals surface area (Å²) in [5.41, 5.74) is -0.1000. The highest BCUT2D eigenvalue weighted by Gasteiger charge is 2.19. The van der Waals surface area contributed by atoms with Gasteiger partial charge in [0, 0.05) is 18.1 Å². The minimum absolute atomic E-state index is 0.0951. The van der Waals surface area contributed by atoms with E-state index in [4.69, 9.17) is 0 Å². The van der Waals surface area contributed by atoms with Crippen LogP contribution in [0.1, 0.15) is 53.4 Å². The number of likely N-dealkylation sites (tertiary alicyclic amines) is 1. The summed E-state index contributed by atoms with van der Waals surface area (Å²) in [7, 11) is 0. The molecule has 1 unspecified atom stereocenters. The van der Waals surface area contributed by atoms with Gasteiger partial charge in [-0.1, -0.05) is 13.3 Å². The summed E-state index contributed by atoms with van der Waals surface area (Å²) in [6, 6.07) is 0.521. The average molecular weight is 269 g/mol. The summed E-state index contributed by atoms with van der Waals surface area (Å²) >= 11 is 0. The van der Waals surface area contributed by atoms with E-state index in [0.717, 1.165) is 13.0 Å². The lowest BCUT2D eigenvalue weighted by molar-refractivity contribution is -0.121. The number of carbonyl (C=O) groups excluding carboxylic acids is 1. The van der Waals surface area contributed by atoms with Crippen LogP contribution in [0, 0.1) is 0 Å². The van der Waals surface area contributed by atoms with Gasteiger partial charge < -0.3 is 10.6 Å². The lowest BCUT2D eigenvalue weighted by Gasteiger charge is -2.32. The molecule has 4 nitrogen and oxygen atoms in total. The van der Waals surface area contributed by atoms with E-state index in [1.807, 2.05) is 0 Å². The Balaban J connectivity index is 2.17. The maximum absolute atomic E-state index is 11.8. The molecule has 0 radical (unpaired) electrons. The van der Waals surface area contributed by atoms with E-state index in [-0.39, 0.29) is 11.4 Å². The molecule has 1 aliphatic rings. The van der Waals surface area contributed by atoms with Gasteiger partial charge in [0.2, 0.25) is 5.91 Å². The van der Waals surface area contributed by atoms with E-state index in [9.17, 15) is 4.79 Å². The smallest absolute Gasteiger partial charge is 0.234 e. The molecule has 1 amide bonds. The van der Waals surface area contributed by atoms with Gasteiger partial charge in [-0.25, -0.2) is 0 Å². The molecule has 112 valence electrons. The summed E-state index contributed by atoms with van der Waals surface area (Å²) in [4.78, 5) is 14.3. The first-order chi connectivity index (χ1) is 8.94. The SMILES string of the molecule is CCC(C)(C)NC(=O)CNCC(C)N1CCCCC1. The molecule has 1 saturated heterocycles. The third-order valence-electron chi connectivity index (χ3n) is 4.10. The van der Waals surface area contributed by atoms with Crippen molar-refractivity contribution in [2.75, 3.05) is 26.2 Å². The second kappa shape index (κ2) is 7.85. The molecule has 2 N–H and O–H groups in total. The summed E-state index contributed by atoms with van der Waals surface area (Å²) in [5.74, 6) is 0.0951. The number of piperidine rings is 1. The van der Waals surface area contributed by atoms with E-state index < -0.39 is 0 Å². The second-order valence-corrected chi connectivity index (χ2v) is 6.36. The second-order valence-electron chi connectivity index (χ2n) is 6.36. The maximum Gasteiger partial charge on any atom is 0.234 e. The predicted octanol–water partition coefficient (Wildman–Crippen LogP) is 1.76. The molecular weight excluding hydrogens is 238 g/mol. The molecule has 1 rings (SSSR count). The third kappa shape index (κ3) is 6.39. The Hall–Kier alpha value is -0.610. The number of nitrogens with zero attached hydrogens (tertiary/aromatic N) is 1. The highest BCUT2D eigenvalue weighted by molar-refractivity contribution is 5.78. The van der Waals surface area contributed by atoms with Crippen LogP contribution in [-0.4, -0.2) is 48.6 Å². The fraction of sp³-hybridized carbons (Fsp3) is 0.933. The quantitative estimate of drug-likeness (QED) is 0.740. The van der Waals surface area contributed by atoms with Gasteiger partial charge in [0.25, 0.3) is 0 Å². The Labute approximate surface area is 118 Å². The van der Waals surface area contributed by atoms with Crippen LogP contribution in [0.3, 0.4) is 0 Å². The van der Waals surface area contributed by atoms with Crippen molar-refractivity contribution in [3.05, 3.63) is 0 Å². The normalized spacial score (nSPS) is 19.2. The Morgan fingerprint density at radius 3 is 2.47 bits per heavy atom. The predicted molar refractivity (Wildman–Crippen MR) is 80.3 cm³/mol. The summed E-state index contributed by atoms with van der Waals surface area (Å²) in [6.07, 6.45) is 4.94. The molecule has 0 aromatic heterocycles. The number of rotatable bonds is 7. The average Bonchev–Trinajstić information content (AvgIpc) is 2.39. The Kier molecular flexibility index (Phi) is 6.80. The number of hydrogen-bond acceptors (Lipinski definition) is 3. The molecule has 1 fully saturated rings. The molecule has 0 saturated carbocycles. The van der Waals surface area contributed by atoms with Gasteiger partial charge in [-0.3, -0.25) is 9.69 Å². The Morgan fingerprint density at radius 2 is 1.89 bits per heavy atom. The fourth-order valence-corrected chi connectivity index (χ4v) is 2.39. The van der Waals surface area contributed by atoms with Crippen LogP contribution in [0.2, 0.25) is 0 Å². The topological polar surface area (TPSA) is 44.4 Å². The lowest BCUT2D eigenvalue weighted by atomic mass is 10.0. The van der Waals surface area contributed by atoms with E-state index in [1.54, 1.807) is 0 Å². The number of amides is 1. The van der Waals surface area contributed by atoms with Gasteiger partial charge in [-0.2, -0.15) is 0 Å². The first-order valence-corrected chi connectivity index (χ1v) is 7.70. The summed E-state index contributed by atoms with van der Waals surface area (Å²) in [6.45, 7) is 12.2. The van der Waals surface area contributed by atoms with Crippen molar-refractivity contribution in [1.82, 2.24) is 15.5 Å². The number of hydrogen-bond donors (Lipinski definition) is 2. The molecular formula is C15H31N3O. The molecule has 0 spiro atoms. The Bertz CT molecular complexity index is 273. The maximum atomic E-state index is 11.8. The molecule has 1 atom stereocenters. The van der Waals surface area contributed by atoms with Gasteiger partial charge in [-0.05, 0) is 53.1 Å². The molecule has 1 aliphatic heterocycles. The molecule has 4 heteroatoms. The van der Waals surface area contributed by atoms with Crippen LogP contribution in [0.25, 0.3) is 0 Å². The van der Waals surface area contributed by atoms with Gasteiger partial charge >= 0.3 is 0 Å². The van der Waals surface area contributed by atoms with Crippen LogP contribution in [0.15, 0.2) is 0 Å². The molecule has 1 heterocycles. The van der Waals surface area contributed by atoms with E-state index in [0.29, 0.717) is 12.6 Å². The molecule has 19 heavy (non-hydrogen) atoms. The van der Waals surface area contributed by atoms with Crippen molar-refractivity contribution in [2.24, 2.45) is 0 Å². The van der Waals surface area contributed by atoms with Gasteiger partial charge in [0.15, 0.2) is 0 Å². The van der Waals surface area contributed by atoms with E-state index >= 15 is 0 Å². The fourth-order valence-electron chi connectivity index (χ4n) is 2.39. The minimum Gasteiger partial charge on any atom is -0.350 e. The zero-order valence-corrected chi connectivity index (χ0v) is 13.1. The molecule has 0 bridgehead atoms. The monoisotopic (exact) mass is 269 g/mol. The molecule has 0 aromatic rings. The Morgan fingerprint density at radius 1 is 1.26 bits per heavy atom. The van der Waals surface area contributed by atoms with Crippen molar-refractivity contribution in [3.63, 3.8) is 0 Å². The summed E-state index contributed by atoms with van der Waals surface area (Å²) < 4.78 is 0.